The molecule has 1 saturated heterocycles. The lowest BCUT2D eigenvalue weighted by Gasteiger charge is -2.32. The van der Waals surface area contributed by atoms with Gasteiger partial charge in [0.1, 0.15) is 5.75 Å². The monoisotopic (exact) mass is 374 g/mol. The van der Waals surface area contributed by atoms with E-state index in [1.165, 1.54) is 0 Å². The van der Waals surface area contributed by atoms with Gasteiger partial charge in [-0.1, -0.05) is 6.42 Å². The first-order valence-corrected chi connectivity index (χ1v) is 9.70. The van der Waals surface area contributed by atoms with Gasteiger partial charge in [-0.25, -0.2) is 0 Å². The summed E-state index contributed by atoms with van der Waals surface area (Å²) in [6.45, 7) is 3.16. The number of carbonyl (C=O) groups excluding carboxylic acids is 2. The fourth-order valence-corrected chi connectivity index (χ4v) is 3.83. The summed E-state index contributed by atoms with van der Waals surface area (Å²) in [4.78, 5) is 29.6. The maximum absolute atomic E-state index is 12.8. The van der Waals surface area contributed by atoms with E-state index in [-0.39, 0.29) is 23.8 Å². The van der Waals surface area contributed by atoms with Crippen LogP contribution in [0.1, 0.15) is 36.0 Å². The molecule has 7 nitrogen and oxygen atoms in total. The van der Waals surface area contributed by atoms with Crippen LogP contribution < -0.4 is 15.8 Å². The molecule has 1 aromatic rings. The number of benzene rings is 1. The van der Waals surface area contributed by atoms with Gasteiger partial charge in [0.15, 0.2) is 0 Å². The molecule has 1 aliphatic heterocycles. The topological polar surface area (TPSA) is 87.9 Å². The maximum Gasteiger partial charge on any atom is 0.254 e. The SMILES string of the molecule is COc1ccc(C(=O)N2CCN(C)CC2)cc1NC(=O)C1CCCC(N)C1. The van der Waals surface area contributed by atoms with Gasteiger partial charge in [-0.15, -0.1) is 0 Å². The first kappa shape index (κ1) is 19.6. The fourth-order valence-electron chi connectivity index (χ4n) is 3.83. The molecule has 3 rings (SSSR count). The Morgan fingerprint density at radius 2 is 1.93 bits per heavy atom. The van der Waals surface area contributed by atoms with Crippen molar-refractivity contribution < 1.29 is 14.3 Å². The van der Waals surface area contributed by atoms with Crippen molar-refractivity contribution in [3.05, 3.63) is 23.8 Å². The molecule has 7 heteroatoms. The Kier molecular flexibility index (Phi) is 6.34. The molecule has 27 heavy (non-hydrogen) atoms. The lowest BCUT2D eigenvalue weighted by atomic mass is 9.85. The quantitative estimate of drug-likeness (QED) is 0.835. The molecular weight excluding hydrogens is 344 g/mol. The van der Waals surface area contributed by atoms with Gasteiger partial charge < -0.3 is 25.6 Å². The van der Waals surface area contributed by atoms with E-state index in [4.69, 9.17) is 10.5 Å². The van der Waals surface area contributed by atoms with Gasteiger partial charge in [-0.05, 0) is 44.5 Å². The highest BCUT2D eigenvalue weighted by Gasteiger charge is 2.27. The Morgan fingerprint density at radius 3 is 2.59 bits per heavy atom. The van der Waals surface area contributed by atoms with Crippen LogP contribution in [0, 0.1) is 5.92 Å². The number of piperazine rings is 1. The van der Waals surface area contributed by atoms with E-state index >= 15 is 0 Å². The number of likely N-dealkylation sites (N-methyl/N-ethyl adjacent to an activating group) is 1. The molecular formula is C20H30N4O3. The second-order valence-corrected chi connectivity index (χ2v) is 7.62. The predicted octanol–water partition coefficient (Wildman–Crippen LogP) is 1.54. The van der Waals surface area contributed by atoms with E-state index in [1.807, 2.05) is 4.90 Å². The molecule has 148 valence electrons. The second-order valence-electron chi connectivity index (χ2n) is 7.62. The fraction of sp³-hybridized carbons (Fsp3) is 0.600. The third-order valence-corrected chi connectivity index (χ3v) is 5.58. The summed E-state index contributed by atoms with van der Waals surface area (Å²) in [5.41, 5.74) is 7.12. The highest BCUT2D eigenvalue weighted by atomic mass is 16.5. The number of carbonyl (C=O) groups is 2. The van der Waals surface area contributed by atoms with Crippen LogP contribution in [-0.4, -0.2) is 68.0 Å². The van der Waals surface area contributed by atoms with E-state index in [0.29, 0.717) is 36.5 Å². The van der Waals surface area contributed by atoms with Crippen molar-refractivity contribution in [3.63, 3.8) is 0 Å². The zero-order valence-corrected chi connectivity index (χ0v) is 16.2. The minimum Gasteiger partial charge on any atom is -0.495 e. The first-order chi connectivity index (χ1) is 13.0. The summed E-state index contributed by atoms with van der Waals surface area (Å²) in [5, 5.41) is 2.96. The van der Waals surface area contributed by atoms with E-state index in [1.54, 1.807) is 25.3 Å². The summed E-state index contributed by atoms with van der Waals surface area (Å²) >= 11 is 0. The summed E-state index contributed by atoms with van der Waals surface area (Å²) < 4.78 is 5.38. The smallest absolute Gasteiger partial charge is 0.254 e. The zero-order valence-electron chi connectivity index (χ0n) is 16.2. The Balaban J connectivity index is 1.73. The van der Waals surface area contributed by atoms with Gasteiger partial charge in [0.05, 0.1) is 12.8 Å². The summed E-state index contributed by atoms with van der Waals surface area (Å²) in [7, 11) is 3.61. The van der Waals surface area contributed by atoms with Crippen molar-refractivity contribution in [2.75, 3.05) is 45.7 Å². The number of rotatable bonds is 4. The second kappa shape index (κ2) is 8.71. The Hall–Kier alpha value is -2.12. The van der Waals surface area contributed by atoms with Crippen LogP contribution in [0.3, 0.4) is 0 Å². The van der Waals surface area contributed by atoms with E-state index in [2.05, 4.69) is 17.3 Å². The van der Waals surface area contributed by atoms with E-state index in [9.17, 15) is 9.59 Å². The summed E-state index contributed by atoms with van der Waals surface area (Å²) in [5.74, 6) is 0.405. The van der Waals surface area contributed by atoms with Crippen LogP contribution in [0.15, 0.2) is 18.2 Å². The van der Waals surface area contributed by atoms with Crippen LogP contribution in [0.2, 0.25) is 0 Å². The molecule has 3 N–H and O–H groups in total. The number of ether oxygens (including phenoxy) is 1. The van der Waals surface area contributed by atoms with Crippen LogP contribution in [0.5, 0.6) is 5.75 Å². The molecule has 2 aliphatic rings. The number of hydrogen-bond acceptors (Lipinski definition) is 5. The molecule has 1 aromatic carbocycles. The highest BCUT2D eigenvalue weighted by molar-refractivity contribution is 5.99. The van der Waals surface area contributed by atoms with Crippen molar-refractivity contribution in [1.29, 1.82) is 0 Å². The van der Waals surface area contributed by atoms with Crippen molar-refractivity contribution in [1.82, 2.24) is 9.80 Å². The molecule has 0 radical (unpaired) electrons. The minimum atomic E-state index is -0.0876. The Morgan fingerprint density at radius 1 is 1.19 bits per heavy atom. The van der Waals surface area contributed by atoms with Crippen LogP contribution in [-0.2, 0) is 4.79 Å². The van der Waals surface area contributed by atoms with Crippen LogP contribution >= 0.6 is 0 Å². The average Bonchev–Trinajstić information content (AvgIpc) is 2.68. The zero-order chi connectivity index (χ0) is 19.4. The number of hydrogen-bond donors (Lipinski definition) is 2. The molecule has 2 unspecified atom stereocenters. The van der Waals surface area contributed by atoms with Gasteiger partial charge in [-0.3, -0.25) is 9.59 Å². The van der Waals surface area contributed by atoms with Crippen molar-refractivity contribution in [2.24, 2.45) is 11.7 Å². The average molecular weight is 374 g/mol. The first-order valence-electron chi connectivity index (χ1n) is 9.70. The lowest BCUT2D eigenvalue weighted by molar-refractivity contribution is -0.120. The van der Waals surface area contributed by atoms with Gasteiger partial charge in [0.2, 0.25) is 5.91 Å². The minimum absolute atomic E-state index is 0.0130. The number of nitrogens with one attached hydrogen (secondary N) is 1. The number of amides is 2. The number of methoxy groups -OCH3 is 1. The molecule has 2 fully saturated rings. The third-order valence-electron chi connectivity index (χ3n) is 5.58. The molecule has 0 spiro atoms. The van der Waals surface area contributed by atoms with Gasteiger partial charge in [0, 0.05) is 43.7 Å². The normalized spacial score (nSPS) is 23.7. The molecule has 0 bridgehead atoms. The van der Waals surface area contributed by atoms with Crippen molar-refractivity contribution in [3.8, 4) is 5.75 Å². The van der Waals surface area contributed by atoms with Crippen molar-refractivity contribution in [2.45, 2.75) is 31.7 Å². The van der Waals surface area contributed by atoms with Crippen LogP contribution in [0.4, 0.5) is 5.69 Å². The molecule has 0 aromatic heterocycles. The number of nitrogens with two attached hydrogens (primary N) is 1. The summed E-state index contributed by atoms with van der Waals surface area (Å²) in [6.07, 6.45) is 3.50. The molecule has 1 saturated carbocycles. The maximum atomic E-state index is 12.8. The molecule has 1 aliphatic carbocycles. The highest BCUT2D eigenvalue weighted by Crippen LogP contribution is 2.29. The number of nitrogens with zero attached hydrogens (tertiary/aromatic N) is 2. The molecule has 2 amide bonds. The van der Waals surface area contributed by atoms with Crippen molar-refractivity contribution >= 4 is 17.5 Å². The van der Waals surface area contributed by atoms with Crippen LogP contribution in [0.25, 0.3) is 0 Å². The lowest BCUT2D eigenvalue weighted by Crippen LogP contribution is -2.47. The number of anilines is 1. The summed E-state index contributed by atoms with van der Waals surface area (Å²) in [6, 6.07) is 5.30. The van der Waals surface area contributed by atoms with E-state index < -0.39 is 0 Å². The van der Waals surface area contributed by atoms with Gasteiger partial charge in [-0.2, -0.15) is 0 Å². The standard InChI is InChI=1S/C20H30N4O3/c1-23-8-10-24(11-9-23)20(26)15-6-7-18(27-2)17(13-15)22-19(25)14-4-3-5-16(21)12-14/h6-7,13-14,16H,3-5,8-12,21H2,1-2H3,(H,22,25). The molecule has 2 atom stereocenters. The largest absolute Gasteiger partial charge is 0.495 e. The Labute approximate surface area is 160 Å². The van der Waals surface area contributed by atoms with Gasteiger partial charge >= 0.3 is 0 Å². The predicted molar refractivity (Wildman–Crippen MR) is 105 cm³/mol. The Bertz CT molecular complexity index is 686. The van der Waals surface area contributed by atoms with E-state index in [0.717, 1.165) is 32.4 Å². The third kappa shape index (κ3) is 4.78. The molecule has 1 heterocycles. The van der Waals surface area contributed by atoms with Gasteiger partial charge in [0.25, 0.3) is 5.91 Å².